The first-order valence-corrected chi connectivity index (χ1v) is 7.64. The molecule has 108 valence electrons. The van der Waals surface area contributed by atoms with Gasteiger partial charge in [-0.15, -0.1) is 0 Å². The van der Waals surface area contributed by atoms with E-state index in [0.29, 0.717) is 18.9 Å². The van der Waals surface area contributed by atoms with Crippen LogP contribution in [0.15, 0.2) is 0 Å². The summed E-state index contributed by atoms with van der Waals surface area (Å²) < 4.78 is 5.26. The van der Waals surface area contributed by atoms with Gasteiger partial charge in [0.05, 0.1) is 6.61 Å². The molecule has 1 fully saturated rings. The van der Waals surface area contributed by atoms with E-state index < -0.39 is 0 Å². The molecule has 0 aromatic rings. The van der Waals surface area contributed by atoms with Crippen LogP contribution < -0.4 is 0 Å². The molecule has 1 rings (SSSR count). The molecule has 0 aromatic heterocycles. The van der Waals surface area contributed by atoms with Gasteiger partial charge in [0.25, 0.3) is 0 Å². The first-order chi connectivity index (χ1) is 8.76. The average molecular weight is 257 g/mol. The summed E-state index contributed by atoms with van der Waals surface area (Å²) >= 11 is 0. The third kappa shape index (κ3) is 7.70. The van der Waals surface area contributed by atoms with Crippen molar-refractivity contribution in [3.05, 3.63) is 0 Å². The zero-order chi connectivity index (χ0) is 13.8. The number of hydrogen-bond acceptors (Lipinski definition) is 3. The van der Waals surface area contributed by atoms with Crippen LogP contribution in [0.5, 0.6) is 0 Å². The van der Waals surface area contributed by atoms with E-state index >= 15 is 0 Å². The van der Waals surface area contributed by atoms with Crippen LogP contribution in [0.3, 0.4) is 0 Å². The van der Waals surface area contributed by atoms with Crippen LogP contribution >= 0.6 is 0 Å². The van der Waals surface area contributed by atoms with Gasteiger partial charge in [0, 0.05) is 6.42 Å². The van der Waals surface area contributed by atoms with E-state index in [0.717, 1.165) is 6.42 Å². The summed E-state index contributed by atoms with van der Waals surface area (Å²) in [5.41, 5.74) is 0. The fraction of sp³-hybridized carbons (Fsp3) is 0.933. The number of carbonyl (C=O) groups excluding carboxylic acids is 1. The van der Waals surface area contributed by atoms with Gasteiger partial charge in [-0.3, -0.25) is 4.79 Å². The van der Waals surface area contributed by atoms with Gasteiger partial charge in [0.1, 0.15) is 0 Å². The molecule has 0 unspecified atom stereocenters. The van der Waals surface area contributed by atoms with E-state index in [9.17, 15) is 4.79 Å². The predicted octanol–water partition coefficient (Wildman–Crippen LogP) is 3.48. The number of carbonyl (C=O) groups is 1. The quantitative estimate of drug-likeness (QED) is 0.682. The van der Waals surface area contributed by atoms with Crippen molar-refractivity contribution in [1.82, 2.24) is 4.90 Å². The maximum Gasteiger partial charge on any atom is 0.305 e. The van der Waals surface area contributed by atoms with E-state index in [-0.39, 0.29) is 5.97 Å². The monoisotopic (exact) mass is 257 g/mol. The van der Waals surface area contributed by atoms with Crippen molar-refractivity contribution in [2.75, 3.05) is 26.2 Å². The lowest BCUT2D eigenvalue weighted by Crippen LogP contribution is -2.35. The molecular weight excluding hydrogens is 226 g/mol. The third-order valence-electron chi connectivity index (χ3n) is 3.18. The SMILES string of the molecule is CC.CCCC(=O)OCC1CCN(CCC)CC1. The van der Waals surface area contributed by atoms with E-state index in [2.05, 4.69) is 11.8 Å². The van der Waals surface area contributed by atoms with Gasteiger partial charge in [-0.05, 0) is 51.2 Å². The fourth-order valence-corrected chi connectivity index (χ4v) is 2.18. The Labute approximate surface area is 113 Å². The Morgan fingerprint density at radius 2 is 1.78 bits per heavy atom. The largest absolute Gasteiger partial charge is 0.465 e. The summed E-state index contributed by atoms with van der Waals surface area (Å²) in [6.45, 7) is 12.4. The molecule has 1 aliphatic heterocycles. The van der Waals surface area contributed by atoms with Crippen LogP contribution in [0.2, 0.25) is 0 Å². The molecule has 1 aliphatic rings. The summed E-state index contributed by atoms with van der Waals surface area (Å²) in [5, 5.41) is 0. The number of piperidine rings is 1. The Morgan fingerprint density at radius 1 is 1.17 bits per heavy atom. The van der Waals surface area contributed by atoms with Crippen LogP contribution in [-0.2, 0) is 9.53 Å². The highest BCUT2D eigenvalue weighted by molar-refractivity contribution is 5.69. The number of hydrogen-bond donors (Lipinski definition) is 0. The van der Waals surface area contributed by atoms with Crippen molar-refractivity contribution in [2.24, 2.45) is 5.92 Å². The summed E-state index contributed by atoms with van der Waals surface area (Å²) in [4.78, 5) is 13.7. The minimum Gasteiger partial charge on any atom is -0.465 e. The standard InChI is InChI=1S/C13H25NO2.C2H6/c1-3-5-13(15)16-11-12-6-9-14(8-4-2)10-7-12;1-2/h12H,3-11H2,1-2H3;1-2H3. The second-order valence-electron chi connectivity index (χ2n) is 4.72. The van der Waals surface area contributed by atoms with Gasteiger partial charge >= 0.3 is 5.97 Å². The van der Waals surface area contributed by atoms with Crippen molar-refractivity contribution in [3.63, 3.8) is 0 Å². The molecule has 3 heteroatoms. The Bertz CT molecular complexity index is 199. The fourth-order valence-electron chi connectivity index (χ4n) is 2.18. The van der Waals surface area contributed by atoms with Gasteiger partial charge in [0.2, 0.25) is 0 Å². The maximum atomic E-state index is 11.2. The molecule has 0 amide bonds. The topological polar surface area (TPSA) is 29.5 Å². The van der Waals surface area contributed by atoms with Crippen molar-refractivity contribution >= 4 is 5.97 Å². The van der Waals surface area contributed by atoms with E-state index in [1.165, 1.54) is 38.9 Å². The lowest BCUT2D eigenvalue weighted by atomic mass is 9.98. The number of esters is 1. The van der Waals surface area contributed by atoms with E-state index in [1.807, 2.05) is 20.8 Å². The van der Waals surface area contributed by atoms with Crippen LogP contribution in [0.4, 0.5) is 0 Å². The summed E-state index contributed by atoms with van der Waals surface area (Å²) in [6, 6.07) is 0. The van der Waals surface area contributed by atoms with Gasteiger partial charge in [-0.2, -0.15) is 0 Å². The van der Waals surface area contributed by atoms with Gasteiger partial charge in [0.15, 0.2) is 0 Å². The molecule has 0 aliphatic carbocycles. The smallest absolute Gasteiger partial charge is 0.305 e. The number of nitrogens with zero attached hydrogens (tertiary/aromatic N) is 1. The number of rotatable bonds is 6. The minimum atomic E-state index is -0.0292. The predicted molar refractivity (Wildman–Crippen MR) is 76.7 cm³/mol. The lowest BCUT2D eigenvalue weighted by molar-refractivity contribution is -0.145. The third-order valence-corrected chi connectivity index (χ3v) is 3.18. The highest BCUT2D eigenvalue weighted by Crippen LogP contribution is 2.17. The normalized spacial score (nSPS) is 16.9. The molecule has 0 atom stereocenters. The molecule has 1 saturated heterocycles. The molecule has 18 heavy (non-hydrogen) atoms. The summed E-state index contributed by atoms with van der Waals surface area (Å²) in [5.74, 6) is 0.562. The van der Waals surface area contributed by atoms with Crippen LogP contribution in [0, 0.1) is 5.92 Å². The van der Waals surface area contributed by atoms with Crippen molar-refractivity contribution in [2.45, 2.75) is 59.8 Å². The molecule has 0 N–H and O–H groups in total. The summed E-state index contributed by atoms with van der Waals surface area (Å²) in [7, 11) is 0. The van der Waals surface area contributed by atoms with Crippen LogP contribution in [0.25, 0.3) is 0 Å². The molecule has 1 heterocycles. The summed E-state index contributed by atoms with van der Waals surface area (Å²) in [6.07, 6.45) is 5.04. The molecule has 0 bridgehead atoms. The van der Waals surface area contributed by atoms with Crippen molar-refractivity contribution in [3.8, 4) is 0 Å². The molecule has 0 spiro atoms. The van der Waals surface area contributed by atoms with Gasteiger partial charge in [-0.1, -0.05) is 27.7 Å². The van der Waals surface area contributed by atoms with E-state index in [4.69, 9.17) is 4.74 Å². The molecular formula is C15H31NO2. The average Bonchev–Trinajstić information content (AvgIpc) is 2.41. The first kappa shape index (κ1) is 17.4. The van der Waals surface area contributed by atoms with Gasteiger partial charge < -0.3 is 9.64 Å². The number of ether oxygens (including phenoxy) is 1. The van der Waals surface area contributed by atoms with Crippen molar-refractivity contribution < 1.29 is 9.53 Å². The zero-order valence-electron chi connectivity index (χ0n) is 12.7. The number of likely N-dealkylation sites (tertiary alicyclic amines) is 1. The maximum absolute atomic E-state index is 11.2. The molecule has 0 aromatic carbocycles. The zero-order valence-corrected chi connectivity index (χ0v) is 12.7. The second-order valence-corrected chi connectivity index (χ2v) is 4.72. The van der Waals surface area contributed by atoms with E-state index in [1.54, 1.807) is 0 Å². The highest BCUT2D eigenvalue weighted by atomic mass is 16.5. The first-order valence-electron chi connectivity index (χ1n) is 7.64. The molecule has 0 saturated carbocycles. The Morgan fingerprint density at radius 3 is 2.28 bits per heavy atom. The second kappa shape index (κ2) is 11.5. The highest BCUT2D eigenvalue weighted by Gasteiger charge is 2.19. The Balaban J connectivity index is 0.00000137. The Hall–Kier alpha value is -0.570. The van der Waals surface area contributed by atoms with Crippen LogP contribution in [-0.4, -0.2) is 37.1 Å². The Kier molecular flexibility index (Phi) is 11.2. The lowest BCUT2D eigenvalue weighted by Gasteiger charge is -2.31. The molecule has 0 radical (unpaired) electrons. The van der Waals surface area contributed by atoms with Crippen LogP contribution in [0.1, 0.15) is 59.8 Å². The van der Waals surface area contributed by atoms with Gasteiger partial charge in [-0.25, -0.2) is 0 Å². The minimum absolute atomic E-state index is 0.0292. The van der Waals surface area contributed by atoms with Crippen molar-refractivity contribution in [1.29, 1.82) is 0 Å². The molecule has 3 nitrogen and oxygen atoms in total.